The number of carbonyl (C=O) groups excluding carboxylic acids is 2. The number of piperidine rings is 1. The Bertz CT molecular complexity index is 578. The van der Waals surface area contributed by atoms with Crippen LogP contribution in [0.15, 0.2) is 21.2 Å². The summed E-state index contributed by atoms with van der Waals surface area (Å²) in [6.45, 7) is 0.744. The fourth-order valence-electron chi connectivity index (χ4n) is 2.37. The van der Waals surface area contributed by atoms with Crippen LogP contribution in [0, 0.1) is 5.92 Å². The van der Waals surface area contributed by atoms with Gasteiger partial charge >= 0.3 is 5.97 Å². The standard InChI is InChI=1S/C14H17BrN2O5/c1-16(13(19)12-10(15)4-7-22-12)8-11(18)17-5-2-9(3-6-17)14(20)21/h4,7,9H,2-3,5-6,8H2,1H3,(H,20,21). The van der Waals surface area contributed by atoms with E-state index in [1.54, 1.807) is 11.0 Å². The van der Waals surface area contributed by atoms with Gasteiger partial charge in [0.05, 0.1) is 23.2 Å². The number of carboxylic acids is 1. The maximum atomic E-state index is 12.2. The molecule has 0 bridgehead atoms. The van der Waals surface area contributed by atoms with Gasteiger partial charge < -0.3 is 19.3 Å². The fourth-order valence-corrected chi connectivity index (χ4v) is 2.74. The van der Waals surface area contributed by atoms with E-state index in [2.05, 4.69) is 15.9 Å². The Morgan fingerprint density at radius 2 is 2.05 bits per heavy atom. The van der Waals surface area contributed by atoms with Crippen molar-refractivity contribution in [2.24, 2.45) is 5.92 Å². The van der Waals surface area contributed by atoms with E-state index in [1.165, 1.54) is 18.2 Å². The van der Waals surface area contributed by atoms with Gasteiger partial charge in [0.2, 0.25) is 11.7 Å². The van der Waals surface area contributed by atoms with Crippen LogP contribution < -0.4 is 0 Å². The second-order valence-corrected chi connectivity index (χ2v) is 6.11. The first-order valence-corrected chi connectivity index (χ1v) is 7.68. The van der Waals surface area contributed by atoms with Crippen molar-refractivity contribution in [2.75, 3.05) is 26.7 Å². The van der Waals surface area contributed by atoms with E-state index >= 15 is 0 Å². The highest BCUT2D eigenvalue weighted by molar-refractivity contribution is 9.10. The molecule has 1 saturated heterocycles. The molecule has 0 atom stereocenters. The van der Waals surface area contributed by atoms with Gasteiger partial charge in [0, 0.05) is 20.1 Å². The van der Waals surface area contributed by atoms with Crippen LogP contribution in [0.2, 0.25) is 0 Å². The van der Waals surface area contributed by atoms with Gasteiger partial charge in [-0.15, -0.1) is 0 Å². The van der Waals surface area contributed by atoms with Crippen LogP contribution in [0.25, 0.3) is 0 Å². The van der Waals surface area contributed by atoms with Gasteiger partial charge in [-0.05, 0) is 34.8 Å². The summed E-state index contributed by atoms with van der Waals surface area (Å²) in [5.74, 6) is -1.63. The first-order chi connectivity index (χ1) is 10.4. The first-order valence-electron chi connectivity index (χ1n) is 6.89. The maximum absolute atomic E-state index is 12.2. The normalized spacial score (nSPS) is 15.6. The number of hydrogen-bond acceptors (Lipinski definition) is 4. The number of carboxylic acid groups (broad SMARTS) is 1. The van der Waals surface area contributed by atoms with Crippen LogP contribution in [0.5, 0.6) is 0 Å². The molecular weight excluding hydrogens is 356 g/mol. The van der Waals surface area contributed by atoms with Crippen molar-refractivity contribution >= 4 is 33.7 Å². The van der Waals surface area contributed by atoms with Crippen molar-refractivity contribution in [1.82, 2.24) is 9.80 Å². The number of rotatable bonds is 4. The topological polar surface area (TPSA) is 91.1 Å². The van der Waals surface area contributed by atoms with E-state index in [9.17, 15) is 14.4 Å². The zero-order chi connectivity index (χ0) is 16.3. The predicted octanol–water partition coefficient (Wildman–Crippen LogP) is 1.44. The van der Waals surface area contributed by atoms with Crippen LogP contribution >= 0.6 is 15.9 Å². The molecule has 0 unspecified atom stereocenters. The van der Waals surface area contributed by atoms with Crippen molar-refractivity contribution in [3.63, 3.8) is 0 Å². The third kappa shape index (κ3) is 3.68. The van der Waals surface area contributed by atoms with Crippen molar-refractivity contribution in [1.29, 1.82) is 0 Å². The van der Waals surface area contributed by atoms with Gasteiger partial charge in [0.1, 0.15) is 0 Å². The Labute approximate surface area is 136 Å². The van der Waals surface area contributed by atoms with E-state index in [0.29, 0.717) is 30.4 Å². The number of likely N-dealkylation sites (N-methyl/N-ethyl adjacent to an activating group) is 1. The quantitative estimate of drug-likeness (QED) is 0.863. The molecule has 7 nitrogen and oxygen atoms in total. The van der Waals surface area contributed by atoms with Crippen molar-refractivity contribution in [2.45, 2.75) is 12.8 Å². The minimum Gasteiger partial charge on any atom is -0.481 e. The van der Waals surface area contributed by atoms with Crippen LogP contribution in [-0.4, -0.2) is 59.4 Å². The lowest BCUT2D eigenvalue weighted by Crippen LogP contribution is -2.45. The Hall–Kier alpha value is -1.83. The molecule has 22 heavy (non-hydrogen) atoms. The highest BCUT2D eigenvalue weighted by Gasteiger charge is 2.28. The van der Waals surface area contributed by atoms with E-state index < -0.39 is 5.97 Å². The van der Waals surface area contributed by atoms with Crippen LogP contribution in [0.1, 0.15) is 23.4 Å². The summed E-state index contributed by atoms with van der Waals surface area (Å²) < 4.78 is 5.63. The van der Waals surface area contributed by atoms with Gasteiger partial charge in [-0.2, -0.15) is 0 Å². The molecule has 2 heterocycles. The van der Waals surface area contributed by atoms with E-state index in [-0.39, 0.29) is 30.0 Å². The zero-order valence-corrected chi connectivity index (χ0v) is 13.7. The van der Waals surface area contributed by atoms with Gasteiger partial charge in [0.25, 0.3) is 5.91 Å². The molecule has 1 N–H and O–H groups in total. The number of likely N-dealkylation sites (tertiary alicyclic amines) is 1. The summed E-state index contributed by atoms with van der Waals surface area (Å²) >= 11 is 3.21. The Morgan fingerprint density at radius 3 is 2.55 bits per heavy atom. The Morgan fingerprint density at radius 1 is 1.41 bits per heavy atom. The highest BCUT2D eigenvalue weighted by Crippen LogP contribution is 2.20. The number of nitrogens with zero attached hydrogens (tertiary/aromatic N) is 2. The first kappa shape index (κ1) is 16.5. The molecule has 1 aliphatic heterocycles. The minimum absolute atomic E-state index is 0.0658. The SMILES string of the molecule is CN(CC(=O)N1CCC(C(=O)O)CC1)C(=O)c1occc1Br. The number of furan rings is 1. The average molecular weight is 373 g/mol. The molecule has 8 heteroatoms. The second-order valence-electron chi connectivity index (χ2n) is 5.25. The van der Waals surface area contributed by atoms with Gasteiger partial charge in [0.15, 0.2) is 0 Å². The van der Waals surface area contributed by atoms with E-state index in [4.69, 9.17) is 9.52 Å². The molecule has 1 aromatic rings. The minimum atomic E-state index is -0.818. The van der Waals surface area contributed by atoms with Gasteiger partial charge in [-0.25, -0.2) is 0 Å². The number of amides is 2. The van der Waals surface area contributed by atoms with Gasteiger partial charge in [-0.1, -0.05) is 0 Å². The van der Waals surface area contributed by atoms with Gasteiger partial charge in [-0.3, -0.25) is 14.4 Å². The predicted molar refractivity (Wildman–Crippen MR) is 80.3 cm³/mol. The van der Waals surface area contributed by atoms with E-state index in [0.717, 1.165) is 0 Å². The summed E-state index contributed by atoms with van der Waals surface area (Å²) in [6.07, 6.45) is 2.29. The summed E-state index contributed by atoms with van der Waals surface area (Å²) in [5, 5.41) is 8.94. The molecular formula is C14H17BrN2O5. The monoisotopic (exact) mass is 372 g/mol. The van der Waals surface area contributed by atoms with Crippen LogP contribution in [0.3, 0.4) is 0 Å². The van der Waals surface area contributed by atoms with Crippen molar-refractivity contribution in [3.8, 4) is 0 Å². The Balaban J connectivity index is 1.88. The summed E-state index contributed by atoms with van der Waals surface area (Å²) in [4.78, 5) is 38.1. The fraction of sp³-hybridized carbons (Fsp3) is 0.500. The highest BCUT2D eigenvalue weighted by atomic mass is 79.9. The number of halogens is 1. The molecule has 0 aromatic carbocycles. The van der Waals surface area contributed by atoms with Crippen molar-refractivity contribution < 1.29 is 23.9 Å². The van der Waals surface area contributed by atoms with E-state index in [1.807, 2.05) is 0 Å². The van der Waals surface area contributed by atoms with Crippen LogP contribution in [-0.2, 0) is 9.59 Å². The summed E-state index contributed by atoms with van der Waals surface area (Å²) in [6, 6.07) is 1.61. The molecule has 1 aromatic heterocycles. The zero-order valence-electron chi connectivity index (χ0n) is 12.1. The molecule has 0 radical (unpaired) electrons. The van der Waals surface area contributed by atoms with Crippen LogP contribution in [0.4, 0.5) is 0 Å². The number of aliphatic carboxylic acids is 1. The molecule has 0 aliphatic carbocycles. The molecule has 0 spiro atoms. The Kier molecular flexibility index (Phi) is 5.23. The number of carbonyl (C=O) groups is 3. The molecule has 2 rings (SSSR count). The smallest absolute Gasteiger partial charge is 0.306 e. The third-order valence-electron chi connectivity index (χ3n) is 3.73. The summed E-state index contributed by atoms with van der Waals surface area (Å²) in [7, 11) is 1.53. The summed E-state index contributed by atoms with van der Waals surface area (Å²) in [5.41, 5.74) is 0. The molecule has 1 fully saturated rings. The van der Waals surface area contributed by atoms with Crippen molar-refractivity contribution in [3.05, 3.63) is 22.6 Å². The number of hydrogen-bond donors (Lipinski definition) is 1. The molecule has 1 aliphatic rings. The largest absolute Gasteiger partial charge is 0.481 e. The molecule has 0 saturated carbocycles. The lowest BCUT2D eigenvalue weighted by Gasteiger charge is -2.31. The molecule has 120 valence electrons. The lowest BCUT2D eigenvalue weighted by atomic mass is 9.97. The molecule has 2 amide bonds. The average Bonchev–Trinajstić information content (AvgIpc) is 2.92. The second kappa shape index (κ2) is 6.95. The maximum Gasteiger partial charge on any atom is 0.306 e. The lowest BCUT2D eigenvalue weighted by molar-refractivity contribution is -0.145. The third-order valence-corrected chi connectivity index (χ3v) is 4.35.